The summed E-state index contributed by atoms with van der Waals surface area (Å²) in [6.45, 7) is 2.86. The Bertz CT molecular complexity index is 559. The molecule has 0 heterocycles. The van der Waals surface area contributed by atoms with Gasteiger partial charge in [-0.3, -0.25) is 0 Å². The number of benzene rings is 1. The lowest BCUT2D eigenvalue weighted by Gasteiger charge is -2.29. The van der Waals surface area contributed by atoms with E-state index in [-0.39, 0.29) is 11.3 Å². The SMILES string of the molecule is CCNC1CCCCCCC1S(=O)(=O)c1cccc(Br)c1. The molecule has 0 radical (unpaired) electrons. The van der Waals surface area contributed by atoms with Crippen LogP contribution >= 0.6 is 15.9 Å². The van der Waals surface area contributed by atoms with Crippen LogP contribution in [0.3, 0.4) is 0 Å². The molecule has 5 heteroatoms. The van der Waals surface area contributed by atoms with Gasteiger partial charge in [-0.15, -0.1) is 0 Å². The van der Waals surface area contributed by atoms with Crippen molar-refractivity contribution < 1.29 is 8.42 Å². The first kappa shape index (κ1) is 17.0. The van der Waals surface area contributed by atoms with Crippen LogP contribution in [0.1, 0.15) is 45.4 Å². The third-order valence-electron chi connectivity index (χ3n) is 4.19. The molecule has 1 aromatic carbocycles. The van der Waals surface area contributed by atoms with E-state index in [1.807, 2.05) is 13.0 Å². The maximum Gasteiger partial charge on any atom is 0.182 e. The fourth-order valence-electron chi connectivity index (χ4n) is 3.14. The van der Waals surface area contributed by atoms with E-state index < -0.39 is 9.84 Å². The molecule has 1 aromatic rings. The Morgan fingerprint density at radius 1 is 1.19 bits per heavy atom. The Morgan fingerprint density at radius 3 is 2.57 bits per heavy atom. The van der Waals surface area contributed by atoms with Crippen molar-refractivity contribution >= 4 is 25.8 Å². The molecule has 0 aromatic heterocycles. The average Bonchev–Trinajstić information content (AvgIpc) is 2.42. The summed E-state index contributed by atoms with van der Waals surface area (Å²) >= 11 is 3.37. The van der Waals surface area contributed by atoms with Gasteiger partial charge in [-0.1, -0.05) is 54.6 Å². The van der Waals surface area contributed by atoms with E-state index in [0.29, 0.717) is 4.90 Å². The van der Waals surface area contributed by atoms with Gasteiger partial charge in [0.05, 0.1) is 10.1 Å². The molecule has 1 N–H and O–H groups in total. The molecule has 1 aliphatic carbocycles. The van der Waals surface area contributed by atoms with Crippen LogP contribution in [0.5, 0.6) is 0 Å². The molecule has 2 rings (SSSR count). The minimum absolute atomic E-state index is 0.0688. The molecule has 0 spiro atoms. The van der Waals surface area contributed by atoms with Crippen LogP contribution in [0.25, 0.3) is 0 Å². The van der Waals surface area contributed by atoms with Crippen molar-refractivity contribution in [2.24, 2.45) is 0 Å². The number of hydrogen-bond donors (Lipinski definition) is 1. The summed E-state index contributed by atoms with van der Waals surface area (Å²) in [6.07, 6.45) is 6.18. The molecule has 3 nitrogen and oxygen atoms in total. The predicted molar refractivity (Wildman–Crippen MR) is 90.3 cm³/mol. The van der Waals surface area contributed by atoms with Crippen LogP contribution in [0, 0.1) is 0 Å². The Balaban J connectivity index is 2.32. The van der Waals surface area contributed by atoms with E-state index in [1.165, 1.54) is 6.42 Å². The van der Waals surface area contributed by atoms with Gasteiger partial charge in [0.1, 0.15) is 0 Å². The van der Waals surface area contributed by atoms with Crippen LogP contribution in [0.2, 0.25) is 0 Å². The summed E-state index contributed by atoms with van der Waals surface area (Å²) in [5.41, 5.74) is 0. The first-order valence-corrected chi connectivity index (χ1v) is 10.1. The monoisotopic (exact) mass is 373 g/mol. The van der Waals surface area contributed by atoms with Crippen LogP contribution in [0.4, 0.5) is 0 Å². The standard InChI is InChI=1S/C16H24BrNO2S/c1-2-18-15-10-5-3-4-6-11-16(15)21(19,20)14-9-7-8-13(17)12-14/h7-9,12,15-16,18H,2-6,10-11H2,1H3. The number of halogens is 1. The summed E-state index contributed by atoms with van der Waals surface area (Å²) in [4.78, 5) is 0.436. The quantitative estimate of drug-likeness (QED) is 0.869. The molecule has 2 atom stereocenters. The molecule has 1 aliphatic rings. The maximum absolute atomic E-state index is 13.0. The van der Waals surface area contributed by atoms with E-state index in [9.17, 15) is 8.42 Å². The van der Waals surface area contributed by atoms with E-state index >= 15 is 0 Å². The number of sulfone groups is 1. The Kier molecular flexibility index (Phi) is 6.26. The zero-order valence-corrected chi connectivity index (χ0v) is 14.9. The van der Waals surface area contributed by atoms with Crippen LogP contribution in [-0.4, -0.2) is 26.3 Å². The fraction of sp³-hybridized carbons (Fsp3) is 0.625. The van der Waals surface area contributed by atoms with Gasteiger partial charge in [0.2, 0.25) is 0 Å². The number of rotatable bonds is 4. The number of nitrogens with one attached hydrogen (secondary N) is 1. The second-order valence-corrected chi connectivity index (χ2v) is 8.78. The molecule has 21 heavy (non-hydrogen) atoms. The van der Waals surface area contributed by atoms with Gasteiger partial charge in [0.25, 0.3) is 0 Å². The highest BCUT2D eigenvalue weighted by atomic mass is 79.9. The van der Waals surface area contributed by atoms with Gasteiger partial charge >= 0.3 is 0 Å². The van der Waals surface area contributed by atoms with Crippen LogP contribution in [-0.2, 0) is 9.84 Å². The molecular weight excluding hydrogens is 350 g/mol. The molecule has 0 aliphatic heterocycles. The van der Waals surface area contributed by atoms with Gasteiger partial charge in [-0.25, -0.2) is 8.42 Å². The second kappa shape index (κ2) is 7.75. The lowest BCUT2D eigenvalue weighted by molar-refractivity contribution is 0.392. The molecule has 0 saturated heterocycles. The van der Waals surface area contributed by atoms with Gasteiger partial charge in [0.15, 0.2) is 9.84 Å². The van der Waals surface area contributed by atoms with Crippen molar-refractivity contribution in [1.29, 1.82) is 0 Å². The largest absolute Gasteiger partial charge is 0.313 e. The lowest BCUT2D eigenvalue weighted by Crippen LogP contribution is -2.44. The molecule has 0 amide bonds. The minimum Gasteiger partial charge on any atom is -0.313 e. The molecule has 2 unspecified atom stereocenters. The van der Waals surface area contributed by atoms with E-state index in [4.69, 9.17) is 0 Å². The lowest BCUT2D eigenvalue weighted by atomic mass is 9.96. The van der Waals surface area contributed by atoms with E-state index in [2.05, 4.69) is 21.2 Å². The van der Waals surface area contributed by atoms with Gasteiger partial charge < -0.3 is 5.32 Å². The summed E-state index contributed by atoms with van der Waals surface area (Å²) in [5.74, 6) is 0. The molecule has 1 fully saturated rings. The zero-order chi connectivity index (χ0) is 15.3. The normalized spacial score (nSPS) is 24.3. The Labute approximate surface area is 136 Å². The highest BCUT2D eigenvalue weighted by Gasteiger charge is 2.34. The zero-order valence-electron chi connectivity index (χ0n) is 12.5. The smallest absolute Gasteiger partial charge is 0.182 e. The van der Waals surface area contributed by atoms with Crippen molar-refractivity contribution in [3.63, 3.8) is 0 Å². The van der Waals surface area contributed by atoms with Gasteiger partial charge in [-0.2, -0.15) is 0 Å². The third-order valence-corrected chi connectivity index (χ3v) is 6.96. The third kappa shape index (κ3) is 4.30. The minimum atomic E-state index is -3.29. The van der Waals surface area contributed by atoms with Crippen molar-refractivity contribution in [1.82, 2.24) is 5.32 Å². The first-order valence-electron chi connectivity index (χ1n) is 7.78. The summed E-state index contributed by atoms with van der Waals surface area (Å²) < 4.78 is 26.9. The fourth-order valence-corrected chi connectivity index (χ4v) is 5.74. The molecular formula is C16H24BrNO2S. The highest BCUT2D eigenvalue weighted by molar-refractivity contribution is 9.10. The predicted octanol–water partition coefficient (Wildman–Crippen LogP) is 3.92. The van der Waals surface area contributed by atoms with Crippen molar-refractivity contribution in [2.75, 3.05) is 6.54 Å². The van der Waals surface area contributed by atoms with Gasteiger partial charge in [0, 0.05) is 10.5 Å². The topological polar surface area (TPSA) is 46.2 Å². The maximum atomic E-state index is 13.0. The van der Waals surface area contributed by atoms with E-state index in [1.54, 1.807) is 18.2 Å². The summed E-state index contributed by atoms with van der Waals surface area (Å²) in [6, 6.07) is 7.15. The molecule has 118 valence electrons. The van der Waals surface area contributed by atoms with Crippen LogP contribution in [0.15, 0.2) is 33.6 Å². The van der Waals surface area contributed by atoms with Crippen molar-refractivity contribution in [3.8, 4) is 0 Å². The molecule has 1 saturated carbocycles. The van der Waals surface area contributed by atoms with Crippen molar-refractivity contribution in [2.45, 2.75) is 61.6 Å². The highest BCUT2D eigenvalue weighted by Crippen LogP contribution is 2.29. The van der Waals surface area contributed by atoms with Gasteiger partial charge in [-0.05, 0) is 37.6 Å². The number of hydrogen-bond acceptors (Lipinski definition) is 3. The summed E-state index contributed by atoms with van der Waals surface area (Å²) in [7, 11) is -3.29. The Morgan fingerprint density at radius 2 is 1.90 bits per heavy atom. The first-order chi connectivity index (χ1) is 10.1. The van der Waals surface area contributed by atoms with E-state index in [0.717, 1.165) is 43.1 Å². The van der Waals surface area contributed by atoms with Crippen LogP contribution < -0.4 is 5.32 Å². The van der Waals surface area contributed by atoms with Crippen molar-refractivity contribution in [3.05, 3.63) is 28.7 Å². The Hall–Kier alpha value is -0.390. The average molecular weight is 374 g/mol. The second-order valence-electron chi connectivity index (χ2n) is 5.70. The molecule has 0 bridgehead atoms. The summed E-state index contributed by atoms with van der Waals surface area (Å²) in [5, 5.41) is 3.09.